The molecule has 1 heterocycles. The predicted molar refractivity (Wildman–Crippen MR) is 72.9 cm³/mol. The Labute approximate surface area is 111 Å². The molecule has 1 unspecified atom stereocenters. The Kier molecular flexibility index (Phi) is 3.80. The molecule has 1 atom stereocenters. The second-order valence-corrected chi connectivity index (χ2v) is 5.29. The van der Waals surface area contributed by atoms with Crippen LogP contribution in [0.5, 0.6) is 0 Å². The van der Waals surface area contributed by atoms with E-state index in [9.17, 15) is 8.78 Å². The average molecular weight is 270 g/mol. The van der Waals surface area contributed by atoms with E-state index in [2.05, 4.69) is 6.92 Å². The van der Waals surface area contributed by atoms with Crippen molar-refractivity contribution >= 4 is 22.9 Å². The normalized spacial score (nSPS) is 19.9. The van der Waals surface area contributed by atoms with Gasteiger partial charge in [0.15, 0.2) is 0 Å². The molecule has 0 amide bonds. The van der Waals surface area contributed by atoms with Gasteiger partial charge < -0.3 is 10.6 Å². The van der Waals surface area contributed by atoms with Crippen molar-refractivity contribution in [3.63, 3.8) is 0 Å². The lowest BCUT2D eigenvalue weighted by Crippen LogP contribution is -2.35. The van der Waals surface area contributed by atoms with Crippen LogP contribution < -0.4 is 10.6 Å². The van der Waals surface area contributed by atoms with Gasteiger partial charge in [-0.3, -0.25) is 0 Å². The molecule has 1 aliphatic heterocycles. The van der Waals surface area contributed by atoms with Crippen molar-refractivity contribution < 1.29 is 8.78 Å². The van der Waals surface area contributed by atoms with Crippen LogP contribution in [0.2, 0.25) is 0 Å². The number of anilines is 1. The molecule has 98 valence electrons. The van der Waals surface area contributed by atoms with Gasteiger partial charge in [0.2, 0.25) is 0 Å². The summed E-state index contributed by atoms with van der Waals surface area (Å²) >= 11 is 4.73. The van der Waals surface area contributed by atoms with Crippen LogP contribution in [-0.4, -0.2) is 18.1 Å². The minimum Gasteiger partial charge on any atom is -0.389 e. The van der Waals surface area contributed by atoms with Crippen LogP contribution in [0.15, 0.2) is 12.1 Å². The molecule has 2 rings (SSSR count). The number of nitrogens with zero attached hydrogens (tertiary/aromatic N) is 1. The molecular weight excluding hydrogens is 254 g/mol. The maximum absolute atomic E-state index is 14.0. The first-order valence-electron chi connectivity index (χ1n) is 6.03. The molecule has 0 radical (unpaired) electrons. The van der Waals surface area contributed by atoms with E-state index in [1.54, 1.807) is 4.90 Å². The lowest BCUT2D eigenvalue weighted by molar-refractivity contribution is 0.436. The first-order chi connectivity index (χ1) is 8.49. The highest BCUT2D eigenvalue weighted by Crippen LogP contribution is 2.29. The SMILES string of the molecule is CC1CCCN(c2c(F)cc(C(N)=S)cc2F)C1. The van der Waals surface area contributed by atoms with Crippen molar-refractivity contribution in [3.05, 3.63) is 29.3 Å². The number of hydrogen-bond donors (Lipinski definition) is 1. The van der Waals surface area contributed by atoms with E-state index in [0.29, 0.717) is 19.0 Å². The molecule has 0 aliphatic carbocycles. The molecule has 0 saturated carbocycles. The molecule has 0 bridgehead atoms. The van der Waals surface area contributed by atoms with E-state index in [0.717, 1.165) is 12.8 Å². The number of halogens is 2. The highest BCUT2D eigenvalue weighted by Gasteiger charge is 2.23. The average Bonchev–Trinajstić information content (AvgIpc) is 2.27. The molecule has 2 nitrogen and oxygen atoms in total. The van der Waals surface area contributed by atoms with Gasteiger partial charge in [0.1, 0.15) is 22.3 Å². The largest absolute Gasteiger partial charge is 0.389 e. The topological polar surface area (TPSA) is 29.3 Å². The van der Waals surface area contributed by atoms with Crippen molar-refractivity contribution in [2.75, 3.05) is 18.0 Å². The molecule has 5 heteroatoms. The Morgan fingerprint density at radius 2 is 2.00 bits per heavy atom. The lowest BCUT2D eigenvalue weighted by atomic mass is 9.99. The van der Waals surface area contributed by atoms with Crippen LogP contribution in [0, 0.1) is 17.6 Å². The minimum absolute atomic E-state index is 0.00589. The number of benzene rings is 1. The van der Waals surface area contributed by atoms with Crippen LogP contribution in [0.25, 0.3) is 0 Å². The number of hydrogen-bond acceptors (Lipinski definition) is 2. The van der Waals surface area contributed by atoms with Crippen molar-refractivity contribution in [2.24, 2.45) is 11.7 Å². The molecule has 1 aromatic rings. The second-order valence-electron chi connectivity index (χ2n) is 4.85. The summed E-state index contributed by atoms with van der Waals surface area (Å²) in [5.74, 6) is -0.730. The fourth-order valence-corrected chi connectivity index (χ4v) is 2.52. The summed E-state index contributed by atoms with van der Waals surface area (Å²) in [6, 6.07) is 2.42. The summed E-state index contributed by atoms with van der Waals surface area (Å²) in [6.07, 6.45) is 2.06. The zero-order chi connectivity index (χ0) is 13.3. The number of piperidine rings is 1. The first-order valence-corrected chi connectivity index (χ1v) is 6.43. The third-order valence-corrected chi connectivity index (χ3v) is 3.51. The monoisotopic (exact) mass is 270 g/mol. The number of rotatable bonds is 2. The van der Waals surface area contributed by atoms with Gasteiger partial charge in [-0.1, -0.05) is 19.1 Å². The van der Waals surface area contributed by atoms with Crippen molar-refractivity contribution in [3.8, 4) is 0 Å². The second kappa shape index (κ2) is 5.18. The molecule has 18 heavy (non-hydrogen) atoms. The first kappa shape index (κ1) is 13.2. The van der Waals surface area contributed by atoms with Crippen LogP contribution in [0.1, 0.15) is 25.3 Å². The van der Waals surface area contributed by atoms with Gasteiger partial charge in [-0.15, -0.1) is 0 Å². The Balaban J connectivity index is 2.36. The number of nitrogens with two attached hydrogens (primary N) is 1. The van der Waals surface area contributed by atoms with Crippen molar-refractivity contribution in [1.82, 2.24) is 0 Å². The maximum Gasteiger partial charge on any atom is 0.150 e. The summed E-state index contributed by atoms with van der Waals surface area (Å²) in [7, 11) is 0. The van der Waals surface area contributed by atoms with E-state index in [4.69, 9.17) is 18.0 Å². The van der Waals surface area contributed by atoms with Gasteiger partial charge in [0.25, 0.3) is 0 Å². The third kappa shape index (κ3) is 2.61. The minimum atomic E-state index is -0.591. The predicted octanol–water partition coefficient (Wildman–Crippen LogP) is 2.84. The molecule has 0 spiro atoms. The number of thiocarbonyl (C=S) groups is 1. The molecule has 0 aromatic heterocycles. The summed E-state index contributed by atoms with van der Waals surface area (Å²) in [5, 5.41) is 0. The molecule has 1 saturated heterocycles. The van der Waals surface area contributed by atoms with Crippen LogP contribution in [0.4, 0.5) is 14.5 Å². The van der Waals surface area contributed by atoms with Gasteiger partial charge in [0.05, 0.1) is 0 Å². The summed E-state index contributed by atoms with van der Waals surface area (Å²) in [4.78, 5) is 1.77. The summed E-state index contributed by atoms with van der Waals surface area (Å²) in [5.41, 5.74) is 5.66. The van der Waals surface area contributed by atoms with Gasteiger partial charge in [0, 0.05) is 18.7 Å². The fourth-order valence-electron chi connectivity index (χ4n) is 2.40. The zero-order valence-electron chi connectivity index (χ0n) is 10.2. The fraction of sp³-hybridized carbons (Fsp3) is 0.462. The van der Waals surface area contributed by atoms with Gasteiger partial charge in [-0.05, 0) is 30.9 Å². The van der Waals surface area contributed by atoms with E-state index in [-0.39, 0.29) is 16.2 Å². The smallest absolute Gasteiger partial charge is 0.150 e. The Morgan fingerprint density at radius 3 is 2.50 bits per heavy atom. The standard InChI is InChI=1S/C13H16F2N2S/c1-8-3-2-4-17(7-8)12-10(14)5-9(13(16)18)6-11(12)15/h5-6,8H,2-4,7H2,1H3,(H2,16,18). The van der Waals surface area contributed by atoms with E-state index >= 15 is 0 Å². The van der Waals surface area contributed by atoms with Crippen LogP contribution in [0.3, 0.4) is 0 Å². The highest BCUT2D eigenvalue weighted by molar-refractivity contribution is 7.80. The van der Waals surface area contributed by atoms with Gasteiger partial charge in [-0.25, -0.2) is 8.78 Å². The summed E-state index contributed by atoms with van der Waals surface area (Å²) < 4.78 is 28.0. The Morgan fingerprint density at radius 1 is 1.39 bits per heavy atom. The summed E-state index contributed by atoms with van der Waals surface area (Å²) in [6.45, 7) is 3.45. The van der Waals surface area contributed by atoms with Crippen LogP contribution in [-0.2, 0) is 0 Å². The van der Waals surface area contributed by atoms with Gasteiger partial charge in [-0.2, -0.15) is 0 Å². The van der Waals surface area contributed by atoms with Gasteiger partial charge >= 0.3 is 0 Å². The Bertz CT molecular complexity index is 453. The zero-order valence-corrected chi connectivity index (χ0v) is 11.1. The lowest BCUT2D eigenvalue weighted by Gasteiger charge is -2.33. The van der Waals surface area contributed by atoms with E-state index in [1.165, 1.54) is 12.1 Å². The molecular formula is C13H16F2N2S. The third-order valence-electron chi connectivity index (χ3n) is 3.27. The van der Waals surface area contributed by atoms with Crippen LogP contribution >= 0.6 is 12.2 Å². The maximum atomic E-state index is 14.0. The molecule has 1 fully saturated rings. The quantitative estimate of drug-likeness (QED) is 0.838. The van der Waals surface area contributed by atoms with Crippen molar-refractivity contribution in [2.45, 2.75) is 19.8 Å². The van der Waals surface area contributed by atoms with Crippen molar-refractivity contribution in [1.29, 1.82) is 0 Å². The highest BCUT2D eigenvalue weighted by atomic mass is 32.1. The molecule has 1 aromatic carbocycles. The molecule has 1 aliphatic rings. The van der Waals surface area contributed by atoms with E-state index in [1.807, 2.05) is 0 Å². The molecule has 2 N–H and O–H groups in total. The van der Waals surface area contributed by atoms with E-state index < -0.39 is 11.6 Å². The Hall–Kier alpha value is -1.23.